The van der Waals surface area contributed by atoms with Crippen LogP contribution in [-0.2, 0) is 6.18 Å². The zero-order valence-corrected chi connectivity index (χ0v) is 9.51. The van der Waals surface area contributed by atoms with Crippen molar-refractivity contribution in [3.05, 3.63) is 47.7 Å². The van der Waals surface area contributed by atoms with Crippen LogP contribution in [0.3, 0.4) is 0 Å². The Labute approximate surface area is 97.3 Å². The fraction of sp³-hybridized carbons (Fsp3) is 0.250. The summed E-state index contributed by atoms with van der Waals surface area (Å²) in [5, 5.41) is 0. The highest BCUT2D eigenvalue weighted by molar-refractivity contribution is 5.96. The molecule has 0 aromatic heterocycles. The van der Waals surface area contributed by atoms with Crippen LogP contribution in [0.15, 0.2) is 31.0 Å². The molecule has 1 amide bonds. The number of rotatable bonds is 2. The molecule has 0 saturated heterocycles. The van der Waals surface area contributed by atoms with Gasteiger partial charge in [-0.3, -0.25) is 4.79 Å². The van der Waals surface area contributed by atoms with Crippen LogP contribution in [0.5, 0.6) is 0 Å². The van der Waals surface area contributed by atoms with Crippen molar-refractivity contribution in [1.82, 2.24) is 4.90 Å². The average molecular weight is 243 g/mol. The molecule has 0 spiro atoms. The molecule has 0 bridgehead atoms. The zero-order chi connectivity index (χ0) is 13.2. The number of hydrogen-bond donors (Lipinski definition) is 0. The molecule has 0 fully saturated rings. The van der Waals surface area contributed by atoms with Gasteiger partial charge in [0.1, 0.15) is 0 Å². The zero-order valence-electron chi connectivity index (χ0n) is 9.51. The third-order valence-electron chi connectivity index (χ3n) is 2.39. The van der Waals surface area contributed by atoms with Crippen LogP contribution in [0, 0.1) is 6.92 Å². The van der Waals surface area contributed by atoms with Crippen LogP contribution >= 0.6 is 0 Å². The lowest BCUT2D eigenvalue weighted by molar-refractivity contribution is -0.137. The molecule has 17 heavy (non-hydrogen) atoms. The third kappa shape index (κ3) is 2.87. The van der Waals surface area contributed by atoms with Crippen molar-refractivity contribution in [1.29, 1.82) is 0 Å². The van der Waals surface area contributed by atoms with Crippen molar-refractivity contribution >= 4 is 5.91 Å². The lowest BCUT2D eigenvalue weighted by atomic mass is 10.0. The molecule has 1 aromatic rings. The molecule has 0 radical (unpaired) electrons. The van der Waals surface area contributed by atoms with E-state index in [-0.39, 0.29) is 5.56 Å². The van der Waals surface area contributed by atoms with Gasteiger partial charge in [-0.1, -0.05) is 12.6 Å². The van der Waals surface area contributed by atoms with E-state index in [1.807, 2.05) is 0 Å². The fourth-order valence-electron chi connectivity index (χ4n) is 1.30. The molecule has 5 heteroatoms. The second-order valence-corrected chi connectivity index (χ2v) is 3.63. The van der Waals surface area contributed by atoms with Crippen molar-refractivity contribution in [2.24, 2.45) is 0 Å². The molecule has 1 aromatic carbocycles. The second-order valence-electron chi connectivity index (χ2n) is 3.63. The molecule has 0 aliphatic rings. The van der Waals surface area contributed by atoms with Crippen LogP contribution < -0.4 is 0 Å². The van der Waals surface area contributed by atoms with Crippen molar-refractivity contribution in [2.75, 3.05) is 7.05 Å². The normalized spacial score (nSPS) is 11.1. The number of halogens is 3. The average Bonchev–Trinajstić information content (AvgIpc) is 2.26. The molecule has 1 rings (SSSR count). The quantitative estimate of drug-likeness (QED) is 0.780. The minimum atomic E-state index is -4.45. The number of carbonyl (C=O) groups excluding carboxylic acids is 1. The number of aryl methyl sites for hydroxylation is 1. The Hall–Kier alpha value is -1.78. The number of carbonyl (C=O) groups is 1. The van der Waals surface area contributed by atoms with E-state index < -0.39 is 17.6 Å². The van der Waals surface area contributed by atoms with Crippen LogP contribution in [0.2, 0.25) is 0 Å². The number of amides is 1. The molecule has 0 unspecified atom stereocenters. The van der Waals surface area contributed by atoms with Gasteiger partial charge in [0.25, 0.3) is 5.91 Å². The monoisotopic (exact) mass is 243 g/mol. The number of benzene rings is 1. The molecule has 0 atom stereocenters. The van der Waals surface area contributed by atoms with Gasteiger partial charge in [0.05, 0.1) is 5.56 Å². The molecule has 0 aliphatic heterocycles. The summed E-state index contributed by atoms with van der Waals surface area (Å²) in [6.45, 7) is 4.98. The Morgan fingerprint density at radius 3 is 2.47 bits per heavy atom. The third-order valence-corrected chi connectivity index (χ3v) is 2.39. The number of alkyl halides is 3. The van der Waals surface area contributed by atoms with Crippen LogP contribution in [-0.4, -0.2) is 17.9 Å². The minimum absolute atomic E-state index is 0.0298. The van der Waals surface area contributed by atoms with Gasteiger partial charge in [0, 0.05) is 12.6 Å². The predicted molar refractivity (Wildman–Crippen MR) is 58.5 cm³/mol. The van der Waals surface area contributed by atoms with Gasteiger partial charge >= 0.3 is 6.18 Å². The van der Waals surface area contributed by atoms with Gasteiger partial charge in [0.2, 0.25) is 0 Å². The van der Waals surface area contributed by atoms with E-state index in [0.29, 0.717) is 5.56 Å². The smallest absolute Gasteiger partial charge is 0.319 e. The molecule has 0 N–H and O–H groups in total. The second kappa shape index (κ2) is 4.61. The maximum Gasteiger partial charge on any atom is 0.416 e. The molecule has 2 nitrogen and oxygen atoms in total. The molecule has 0 aliphatic carbocycles. The Kier molecular flexibility index (Phi) is 3.60. The molecule has 92 valence electrons. The van der Waals surface area contributed by atoms with Crippen molar-refractivity contribution in [2.45, 2.75) is 13.1 Å². The topological polar surface area (TPSA) is 20.3 Å². The summed E-state index contributed by atoms with van der Waals surface area (Å²) >= 11 is 0. The van der Waals surface area contributed by atoms with E-state index in [1.165, 1.54) is 19.3 Å². The van der Waals surface area contributed by atoms with Crippen LogP contribution in [0.25, 0.3) is 0 Å². The largest absolute Gasteiger partial charge is 0.416 e. The van der Waals surface area contributed by atoms with Gasteiger partial charge in [-0.05, 0) is 30.8 Å². The highest BCUT2D eigenvalue weighted by Crippen LogP contribution is 2.30. The van der Waals surface area contributed by atoms with Crippen molar-refractivity contribution in [3.63, 3.8) is 0 Å². The Bertz CT molecular complexity index is 452. The first-order chi connectivity index (χ1) is 7.77. The molecular weight excluding hydrogens is 231 g/mol. The summed E-state index contributed by atoms with van der Waals surface area (Å²) < 4.78 is 37.5. The van der Waals surface area contributed by atoms with E-state index in [2.05, 4.69) is 6.58 Å². The van der Waals surface area contributed by atoms with E-state index in [1.54, 1.807) is 6.92 Å². The van der Waals surface area contributed by atoms with Gasteiger partial charge < -0.3 is 4.90 Å². The first kappa shape index (κ1) is 13.3. The lowest BCUT2D eigenvalue weighted by Crippen LogP contribution is -2.22. The summed E-state index contributed by atoms with van der Waals surface area (Å²) in [4.78, 5) is 12.9. The van der Waals surface area contributed by atoms with E-state index in [0.717, 1.165) is 17.0 Å². The fourth-order valence-corrected chi connectivity index (χ4v) is 1.30. The minimum Gasteiger partial charge on any atom is -0.319 e. The standard InChI is InChI=1S/C12H12F3NO/c1-4-16(3)11(17)10-7-9(12(13,14)15)6-5-8(10)2/h4-7H,1H2,2-3H3. The van der Waals surface area contributed by atoms with Gasteiger partial charge in [0.15, 0.2) is 0 Å². The van der Waals surface area contributed by atoms with Gasteiger partial charge in [-0.15, -0.1) is 0 Å². The first-order valence-corrected chi connectivity index (χ1v) is 4.85. The predicted octanol–water partition coefficient (Wildman–Crippen LogP) is 3.23. The maximum absolute atomic E-state index is 12.5. The lowest BCUT2D eigenvalue weighted by Gasteiger charge is -2.15. The molecular formula is C12H12F3NO. The highest BCUT2D eigenvalue weighted by Gasteiger charge is 2.31. The Balaban J connectivity index is 3.24. The highest BCUT2D eigenvalue weighted by atomic mass is 19.4. The van der Waals surface area contributed by atoms with Crippen LogP contribution in [0.4, 0.5) is 13.2 Å². The van der Waals surface area contributed by atoms with E-state index in [4.69, 9.17) is 0 Å². The molecule has 0 heterocycles. The number of hydrogen-bond acceptors (Lipinski definition) is 1. The summed E-state index contributed by atoms with van der Waals surface area (Å²) in [6.07, 6.45) is -3.20. The first-order valence-electron chi connectivity index (χ1n) is 4.85. The summed E-state index contributed by atoms with van der Waals surface area (Å²) in [5.74, 6) is -0.511. The van der Waals surface area contributed by atoms with E-state index >= 15 is 0 Å². The Morgan fingerprint density at radius 2 is 2.00 bits per heavy atom. The summed E-state index contributed by atoms with van der Waals surface area (Å²) in [7, 11) is 1.44. The summed E-state index contributed by atoms with van der Waals surface area (Å²) in [6, 6.07) is 3.10. The van der Waals surface area contributed by atoms with E-state index in [9.17, 15) is 18.0 Å². The molecule has 0 saturated carbocycles. The van der Waals surface area contributed by atoms with Crippen LogP contribution in [0.1, 0.15) is 21.5 Å². The Morgan fingerprint density at radius 1 is 1.41 bits per heavy atom. The SMILES string of the molecule is C=CN(C)C(=O)c1cc(C(F)(F)F)ccc1C. The maximum atomic E-state index is 12.5. The van der Waals surface area contributed by atoms with Gasteiger partial charge in [-0.2, -0.15) is 13.2 Å². The van der Waals surface area contributed by atoms with Crippen molar-refractivity contribution in [3.8, 4) is 0 Å². The van der Waals surface area contributed by atoms with Crippen molar-refractivity contribution < 1.29 is 18.0 Å². The summed E-state index contributed by atoms with van der Waals surface area (Å²) in [5.41, 5.74) is -0.303. The number of nitrogens with zero attached hydrogens (tertiary/aromatic N) is 1. The van der Waals surface area contributed by atoms with Gasteiger partial charge in [-0.25, -0.2) is 0 Å².